The Morgan fingerprint density at radius 1 is 1.25 bits per heavy atom. The summed E-state index contributed by atoms with van der Waals surface area (Å²) in [6, 6.07) is 11.6. The molecule has 5 atom stereocenters. The molecule has 0 aliphatic carbocycles. The van der Waals surface area contributed by atoms with E-state index in [9.17, 15) is 24.8 Å². The van der Waals surface area contributed by atoms with Crippen LogP contribution in [0, 0.1) is 11.3 Å². The van der Waals surface area contributed by atoms with Gasteiger partial charge in [0.15, 0.2) is 11.4 Å². The third-order valence-corrected chi connectivity index (χ3v) is 8.35. The lowest BCUT2D eigenvalue weighted by Crippen LogP contribution is -2.51. The molecule has 1 aromatic carbocycles. The standard InChI is InChI=1S/C27H35N6O10P/c1-3-38-11-12-39-13-14-40-24(34)19(2)32-44(37,43-20-7-5-4-6-8-20)42-16-26(15-28)25(35)27(36,17-41-26)22-10-9-21-23(29)30-18-31-33(21)22/h4-10,18-19,25,35-36H,3,11-14,16-17H2,1-2H3,(H,32,37)(H2,29,30,31)/t19-,25+,26+,27+,44?/m0/s1. The van der Waals surface area contributed by atoms with Crippen LogP contribution in [0.4, 0.5) is 5.82 Å². The fourth-order valence-corrected chi connectivity index (χ4v) is 5.92. The Morgan fingerprint density at radius 3 is 2.70 bits per heavy atom. The normalized spacial score (nSPS) is 23.6. The Labute approximate surface area is 253 Å². The van der Waals surface area contributed by atoms with E-state index in [1.165, 1.54) is 42.0 Å². The number of benzene rings is 1. The molecule has 0 radical (unpaired) electrons. The van der Waals surface area contributed by atoms with Gasteiger partial charge in [-0.25, -0.2) is 14.1 Å². The number of carbonyl (C=O) groups excluding carboxylic acids is 1. The van der Waals surface area contributed by atoms with Crippen LogP contribution in [0.2, 0.25) is 0 Å². The molecule has 5 N–H and O–H groups in total. The van der Waals surface area contributed by atoms with Crippen LogP contribution in [0.25, 0.3) is 5.52 Å². The van der Waals surface area contributed by atoms with Crippen molar-refractivity contribution in [2.24, 2.45) is 0 Å². The molecule has 1 fully saturated rings. The van der Waals surface area contributed by atoms with Crippen LogP contribution >= 0.6 is 7.75 Å². The molecule has 16 nitrogen and oxygen atoms in total. The lowest BCUT2D eigenvalue weighted by Gasteiger charge is -2.31. The molecule has 3 heterocycles. The zero-order valence-electron chi connectivity index (χ0n) is 24.2. The minimum Gasteiger partial charge on any atom is -0.462 e. The van der Waals surface area contributed by atoms with Crippen molar-refractivity contribution in [3.8, 4) is 11.8 Å². The monoisotopic (exact) mass is 634 g/mol. The van der Waals surface area contributed by atoms with Crippen molar-refractivity contribution < 1.29 is 47.6 Å². The van der Waals surface area contributed by atoms with Gasteiger partial charge in [0.1, 0.15) is 49.0 Å². The molecule has 1 saturated heterocycles. The lowest BCUT2D eigenvalue weighted by atomic mass is 9.86. The van der Waals surface area contributed by atoms with Gasteiger partial charge in [-0.15, -0.1) is 0 Å². The van der Waals surface area contributed by atoms with Gasteiger partial charge in [-0.2, -0.15) is 15.4 Å². The number of para-hydroxylation sites is 1. The van der Waals surface area contributed by atoms with E-state index in [4.69, 9.17) is 33.7 Å². The summed E-state index contributed by atoms with van der Waals surface area (Å²) in [5.41, 5.74) is 1.96. The summed E-state index contributed by atoms with van der Waals surface area (Å²) < 4.78 is 47.7. The smallest absolute Gasteiger partial charge is 0.459 e. The molecule has 0 amide bonds. The van der Waals surface area contributed by atoms with Crippen molar-refractivity contribution >= 4 is 25.1 Å². The molecule has 1 unspecified atom stereocenters. The largest absolute Gasteiger partial charge is 0.462 e. The number of aliphatic hydroxyl groups is 2. The summed E-state index contributed by atoms with van der Waals surface area (Å²) in [6.45, 7) is 3.22. The molecule has 17 heteroatoms. The van der Waals surface area contributed by atoms with Crippen molar-refractivity contribution in [1.82, 2.24) is 19.7 Å². The minimum absolute atomic E-state index is 0.0666. The Morgan fingerprint density at radius 2 is 1.98 bits per heavy atom. The molecule has 1 aliphatic heterocycles. The van der Waals surface area contributed by atoms with E-state index >= 15 is 0 Å². The first kappa shape index (κ1) is 33.2. The number of nitrogens with two attached hydrogens (primary N) is 1. The third kappa shape index (κ3) is 7.34. The summed E-state index contributed by atoms with van der Waals surface area (Å²) in [5, 5.41) is 39.5. The Balaban J connectivity index is 1.47. The van der Waals surface area contributed by atoms with Crippen molar-refractivity contribution in [2.45, 2.75) is 37.2 Å². The second-order valence-electron chi connectivity index (χ2n) is 9.78. The number of carbonyl (C=O) groups is 1. The average Bonchev–Trinajstić information content (AvgIpc) is 3.57. The van der Waals surface area contributed by atoms with Gasteiger partial charge < -0.3 is 39.4 Å². The predicted octanol–water partition coefficient (Wildman–Crippen LogP) is 0.931. The highest BCUT2D eigenvalue weighted by atomic mass is 31.2. The third-order valence-electron chi connectivity index (χ3n) is 6.73. The van der Waals surface area contributed by atoms with Gasteiger partial charge in [0, 0.05) is 6.61 Å². The topological polar surface area (TPSA) is 222 Å². The lowest BCUT2D eigenvalue weighted by molar-refractivity contribution is -0.147. The zero-order chi connectivity index (χ0) is 31.8. The summed E-state index contributed by atoms with van der Waals surface area (Å²) in [7, 11) is -4.46. The maximum atomic E-state index is 14.0. The number of hydrogen-bond donors (Lipinski definition) is 4. The number of anilines is 1. The van der Waals surface area contributed by atoms with Crippen molar-refractivity contribution in [2.75, 3.05) is 52.0 Å². The van der Waals surface area contributed by atoms with Crippen LogP contribution in [0.15, 0.2) is 48.8 Å². The Kier molecular flexibility index (Phi) is 10.9. The Bertz CT molecular complexity index is 1500. The number of esters is 1. The van der Waals surface area contributed by atoms with Crippen molar-refractivity contribution in [1.29, 1.82) is 5.26 Å². The number of nitrogens with zero attached hydrogens (tertiary/aromatic N) is 4. The van der Waals surface area contributed by atoms with E-state index in [1.54, 1.807) is 18.2 Å². The SMILES string of the molecule is CCOCCOCCOC(=O)[C@H](C)NP(=O)(OC[C@@]1(C#N)OC[C@@](O)(c2ccc3c(N)ncnn23)[C@@H]1O)Oc1ccccc1. The molecule has 44 heavy (non-hydrogen) atoms. The Hall–Kier alpha value is -3.65. The van der Waals surface area contributed by atoms with Gasteiger partial charge in [-0.1, -0.05) is 18.2 Å². The molecule has 4 rings (SSSR count). The van der Waals surface area contributed by atoms with E-state index in [0.717, 1.165) is 0 Å². The quantitative estimate of drug-likeness (QED) is 0.0977. The van der Waals surface area contributed by atoms with Gasteiger partial charge in [0.25, 0.3) is 0 Å². The van der Waals surface area contributed by atoms with Crippen molar-refractivity contribution in [3.05, 3.63) is 54.5 Å². The van der Waals surface area contributed by atoms with E-state index in [1.807, 2.05) is 13.0 Å². The highest BCUT2D eigenvalue weighted by Gasteiger charge is 2.61. The average molecular weight is 635 g/mol. The van der Waals surface area contributed by atoms with E-state index < -0.39 is 50.3 Å². The fraction of sp³-hybridized carbons (Fsp3) is 0.481. The van der Waals surface area contributed by atoms with Crippen LogP contribution in [0.1, 0.15) is 19.5 Å². The van der Waals surface area contributed by atoms with Gasteiger partial charge in [0.2, 0.25) is 5.60 Å². The van der Waals surface area contributed by atoms with Crippen LogP contribution < -0.4 is 15.3 Å². The summed E-state index contributed by atoms with van der Waals surface area (Å²) in [6.07, 6.45) is -0.743. The fourth-order valence-electron chi connectivity index (χ4n) is 4.39. The van der Waals surface area contributed by atoms with E-state index in [2.05, 4.69) is 15.2 Å². The number of hydrogen-bond acceptors (Lipinski definition) is 14. The van der Waals surface area contributed by atoms with Crippen LogP contribution in [-0.2, 0) is 38.4 Å². The molecule has 3 aromatic rings. The maximum absolute atomic E-state index is 14.0. The minimum atomic E-state index is -4.46. The highest BCUT2D eigenvalue weighted by molar-refractivity contribution is 7.52. The van der Waals surface area contributed by atoms with Gasteiger partial charge in [-0.05, 0) is 38.1 Å². The van der Waals surface area contributed by atoms with E-state index in [0.29, 0.717) is 25.3 Å². The summed E-state index contributed by atoms with van der Waals surface area (Å²) >= 11 is 0. The van der Waals surface area contributed by atoms with Gasteiger partial charge >= 0.3 is 13.7 Å². The molecular weight excluding hydrogens is 599 g/mol. The molecule has 0 spiro atoms. The van der Waals surface area contributed by atoms with Crippen LogP contribution in [0.3, 0.4) is 0 Å². The number of nitrogens with one attached hydrogen (secondary N) is 1. The number of rotatable bonds is 16. The van der Waals surface area contributed by atoms with Crippen LogP contribution in [-0.4, -0.2) is 94.8 Å². The maximum Gasteiger partial charge on any atom is 0.459 e. The van der Waals surface area contributed by atoms with E-state index in [-0.39, 0.29) is 30.5 Å². The molecule has 0 saturated carbocycles. The number of ether oxygens (including phenoxy) is 4. The summed E-state index contributed by atoms with van der Waals surface area (Å²) in [5.74, 6) is -0.523. The highest BCUT2D eigenvalue weighted by Crippen LogP contribution is 2.48. The number of nitrogen functional groups attached to an aromatic ring is 1. The number of nitriles is 1. The first-order chi connectivity index (χ1) is 21.1. The van der Waals surface area contributed by atoms with Gasteiger partial charge in [-0.3, -0.25) is 9.32 Å². The molecule has 2 aromatic heterocycles. The predicted molar refractivity (Wildman–Crippen MR) is 153 cm³/mol. The zero-order valence-corrected chi connectivity index (χ0v) is 25.1. The number of fused-ring (bicyclic) bond motifs is 1. The first-order valence-corrected chi connectivity index (χ1v) is 15.3. The first-order valence-electron chi connectivity index (χ1n) is 13.7. The molecular formula is C27H35N6O10P. The summed E-state index contributed by atoms with van der Waals surface area (Å²) in [4.78, 5) is 16.5. The van der Waals surface area contributed by atoms with Crippen molar-refractivity contribution in [3.63, 3.8) is 0 Å². The second kappa shape index (κ2) is 14.4. The number of aromatic nitrogens is 3. The second-order valence-corrected chi connectivity index (χ2v) is 11.5. The molecule has 1 aliphatic rings. The number of aliphatic hydroxyl groups excluding tert-OH is 1. The van der Waals surface area contributed by atoms with Gasteiger partial charge in [0.05, 0.1) is 32.1 Å². The molecule has 238 valence electrons. The van der Waals surface area contributed by atoms with Crippen LogP contribution in [0.5, 0.6) is 5.75 Å². The molecule has 0 bridgehead atoms.